The number of hydrogen-bond donors (Lipinski definition) is 1. The van der Waals surface area contributed by atoms with Gasteiger partial charge < -0.3 is 5.32 Å². The summed E-state index contributed by atoms with van der Waals surface area (Å²) in [5, 5.41) is 3.80. The zero-order chi connectivity index (χ0) is 15.3. The lowest BCUT2D eigenvalue weighted by molar-refractivity contribution is 0.205. The van der Waals surface area contributed by atoms with Gasteiger partial charge in [-0.15, -0.1) is 0 Å². The number of unbranched alkanes of at least 4 members (excludes halogenated alkanes) is 5. The lowest BCUT2D eigenvalue weighted by atomic mass is 9.76. The van der Waals surface area contributed by atoms with Gasteiger partial charge in [-0.05, 0) is 37.6 Å². The molecule has 0 saturated heterocycles. The van der Waals surface area contributed by atoms with Gasteiger partial charge in [0.1, 0.15) is 0 Å². The first-order valence-electron chi connectivity index (χ1n) is 10.0. The van der Waals surface area contributed by atoms with Crippen LogP contribution in [0.3, 0.4) is 0 Å². The molecule has 0 aromatic heterocycles. The fourth-order valence-corrected chi connectivity index (χ4v) is 4.11. The first kappa shape index (κ1) is 19.0. The van der Waals surface area contributed by atoms with E-state index >= 15 is 0 Å². The Bertz CT molecular complexity index is 218. The molecule has 1 rings (SSSR count). The minimum Gasteiger partial charge on any atom is -0.314 e. The van der Waals surface area contributed by atoms with Gasteiger partial charge in [0.25, 0.3) is 0 Å². The normalized spacial score (nSPS) is 24.1. The molecule has 1 nitrogen and oxygen atoms in total. The van der Waals surface area contributed by atoms with Crippen molar-refractivity contribution in [2.24, 2.45) is 11.8 Å². The van der Waals surface area contributed by atoms with Gasteiger partial charge in [0, 0.05) is 6.04 Å². The molecule has 0 spiro atoms. The van der Waals surface area contributed by atoms with E-state index in [9.17, 15) is 0 Å². The maximum Gasteiger partial charge on any atom is 0.00952 e. The second kappa shape index (κ2) is 12.5. The molecule has 1 N–H and O–H groups in total. The van der Waals surface area contributed by atoms with Crippen molar-refractivity contribution in [3.8, 4) is 0 Å². The van der Waals surface area contributed by atoms with Crippen LogP contribution in [0, 0.1) is 11.8 Å². The predicted octanol–water partition coefficient (Wildman–Crippen LogP) is 6.32. The van der Waals surface area contributed by atoms with Gasteiger partial charge in [-0.2, -0.15) is 0 Å². The van der Waals surface area contributed by atoms with Crippen molar-refractivity contribution in [3.63, 3.8) is 0 Å². The van der Waals surface area contributed by atoms with Gasteiger partial charge in [-0.1, -0.05) is 85.0 Å². The van der Waals surface area contributed by atoms with Gasteiger partial charge in [0.05, 0.1) is 0 Å². The highest BCUT2D eigenvalue weighted by Crippen LogP contribution is 2.34. The topological polar surface area (TPSA) is 12.0 Å². The Morgan fingerprint density at radius 3 is 2.10 bits per heavy atom. The van der Waals surface area contributed by atoms with E-state index in [1.165, 1.54) is 83.5 Å². The van der Waals surface area contributed by atoms with Crippen LogP contribution >= 0.6 is 0 Å². The fraction of sp³-hybridized carbons (Fsp3) is 1.00. The maximum absolute atomic E-state index is 3.80. The highest BCUT2D eigenvalue weighted by molar-refractivity contribution is 4.82. The van der Waals surface area contributed by atoms with Crippen molar-refractivity contribution in [2.45, 2.75) is 110 Å². The smallest absolute Gasteiger partial charge is 0.00952 e. The molecule has 0 bridgehead atoms. The van der Waals surface area contributed by atoms with Gasteiger partial charge in [-0.25, -0.2) is 0 Å². The summed E-state index contributed by atoms with van der Waals surface area (Å²) in [4.78, 5) is 0. The average molecular weight is 296 g/mol. The molecule has 1 saturated carbocycles. The largest absolute Gasteiger partial charge is 0.314 e. The van der Waals surface area contributed by atoms with E-state index in [2.05, 4.69) is 26.1 Å². The molecule has 0 amide bonds. The lowest BCUT2D eigenvalue weighted by Crippen LogP contribution is -2.38. The molecular formula is C20H41N. The fourth-order valence-electron chi connectivity index (χ4n) is 4.11. The minimum atomic E-state index is 0.809. The molecule has 1 atom stereocenters. The third-order valence-electron chi connectivity index (χ3n) is 5.51. The molecule has 1 aliphatic carbocycles. The van der Waals surface area contributed by atoms with Gasteiger partial charge in [-0.3, -0.25) is 0 Å². The third-order valence-corrected chi connectivity index (χ3v) is 5.51. The number of nitrogens with one attached hydrogen (secondary N) is 1. The van der Waals surface area contributed by atoms with E-state index in [-0.39, 0.29) is 0 Å². The highest BCUT2D eigenvalue weighted by Gasteiger charge is 2.26. The van der Waals surface area contributed by atoms with Crippen molar-refractivity contribution < 1.29 is 0 Å². The van der Waals surface area contributed by atoms with Crippen LogP contribution in [0.1, 0.15) is 104 Å². The van der Waals surface area contributed by atoms with E-state index in [0.29, 0.717) is 0 Å². The maximum atomic E-state index is 3.80. The van der Waals surface area contributed by atoms with Crippen LogP contribution in [-0.2, 0) is 0 Å². The van der Waals surface area contributed by atoms with Crippen molar-refractivity contribution in [2.75, 3.05) is 6.54 Å². The van der Waals surface area contributed by atoms with Crippen LogP contribution in [0.15, 0.2) is 0 Å². The molecule has 1 aliphatic rings. The molecule has 0 aromatic carbocycles. The Morgan fingerprint density at radius 2 is 1.48 bits per heavy atom. The Kier molecular flexibility index (Phi) is 11.3. The molecule has 21 heavy (non-hydrogen) atoms. The molecule has 1 unspecified atom stereocenters. The van der Waals surface area contributed by atoms with Crippen molar-refractivity contribution in [1.29, 1.82) is 0 Å². The average Bonchev–Trinajstić information content (AvgIpc) is 2.52. The van der Waals surface area contributed by atoms with Crippen molar-refractivity contribution in [1.82, 2.24) is 5.32 Å². The first-order chi connectivity index (χ1) is 10.3. The Balaban J connectivity index is 2.23. The molecule has 1 heteroatoms. The summed E-state index contributed by atoms with van der Waals surface area (Å²) >= 11 is 0. The molecule has 1 fully saturated rings. The minimum absolute atomic E-state index is 0.809. The van der Waals surface area contributed by atoms with E-state index in [4.69, 9.17) is 0 Å². The van der Waals surface area contributed by atoms with Gasteiger partial charge in [0.15, 0.2) is 0 Å². The van der Waals surface area contributed by atoms with Crippen LogP contribution in [0.2, 0.25) is 0 Å². The Morgan fingerprint density at radius 1 is 0.810 bits per heavy atom. The lowest BCUT2D eigenvalue weighted by Gasteiger charge is -2.34. The highest BCUT2D eigenvalue weighted by atomic mass is 14.9. The standard InChI is InChI=1S/C20H41N/c1-4-7-9-10-11-13-20(21-6-3)19-16-14-18(15-17-19)12-8-5-2/h18-21H,4-17H2,1-3H3. The van der Waals surface area contributed by atoms with Crippen LogP contribution in [0.25, 0.3) is 0 Å². The third kappa shape index (κ3) is 8.24. The van der Waals surface area contributed by atoms with E-state index in [1.54, 1.807) is 0 Å². The molecular weight excluding hydrogens is 254 g/mol. The second-order valence-corrected chi connectivity index (χ2v) is 7.29. The molecule has 0 aliphatic heterocycles. The molecule has 0 radical (unpaired) electrons. The summed E-state index contributed by atoms with van der Waals surface area (Å²) in [7, 11) is 0. The SMILES string of the molecule is CCCCCCCC(NCC)C1CCC(CCCC)CC1. The second-order valence-electron chi connectivity index (χ2n) is 7.29. The number of rotatable bonds is 12. The molecule has 126 valence electrons. The summed E-state index contributed by atoms with van der Waals surface area (Å²) in [5.41, 5.74) is 0. The Hall–Kier alpha value is -0.0400. The summed E-state index contributed by atoms with van der Waals surface area (Å²) < 4.78 is 0. The van der Waals surface area contributed by atoms with E-state index in [0.717, 1.165) is 24.4 Å². The predicted molar refractivity (Wildman–Crippen MR) is 95.8 cm³/mol. The molecule has 0 heterocycles. The van der Waals surface area contributed by atoms with E-state index < -0.39 is 0 Å². The molecule has 0 aromatic rings. The van der Waals surface area contributed by atoms with Crippen LogP contribution in [0.5, 0.6) is 0 Å². The van der Waals surface area contributed by atoms with Gasteiger partial charge >= 0.3 is 0 Å². The van der Waals surface area contributed by atoms with Crippen LogP contribution < -0.4 is 5.32 Å². The summed E-state index contributed by atoms with van der Waals surface area (Å²) in [6, 6.07) is 0.809. The summed E-state index contributed by atoms with van der Waals surface area (Å²) in [5.74, 6) is 2.02. The monoisotopic (exact) mass is 295 g/mol. The summed E-state index contributed by atoms with van der Waals surface area (Å²) in [6.45, 7) is 8.05. The van der Waals surface area contributed by atoms with Gasteiger partial charge in [0.2, 0.25) is 0 Å². The zero-order valence-corrected chi connectivity index (χ0v) is 15.1. The Labute approximate surface area is 134 Å². The van der Waals surface area contributed by atoms with Crippen molar-refractivity contribution >= 4 is 0 Å². The van der Waals surface area contributed by atoms with Crippen LogP contribution in [-0.4, -0.2) is 12.6 Å². The van der Waals surface area contributed by atoms with Crippen LogP contribution in [0.4, 0.5) is 0 Å². The van der Waals surface area contributed by atoms with Crippen molar-refractivity contribution in [3.05, 3.63) is 0 Å². The zero-order valence-electron chi connectivity index (χ0n) is 15.1. The first-order valence-corrected chi connectivity index (χ1v) is 10.0. The number of hydrogen-bond acceptors (Lipinski definition) is 1. The summed E-state index contributed by atoms with van der Waals surface area (Å²) in [6.07, 6.45) is 18.8. The van der Waals surface area contributed by atoms with E-state index in [1.807, 2.05) is 0 Å². The quantitative estimate of drug-likeness (QED) is 0.415.